The highest BCUT2D eigenvalue weighted by Crippen LogP contribution is 2.37. The topological polar surface area (TPSA) is 79.7 Å². The van der Waals surface area contributed by atoms with Crippen LogP contribution in [0.2, 0.25) is 0 Å². The van der Waals surface area contributed by atoms with Gasteiger partial charge < -0.3 is 24.8 Å². The van der Waals surface area contributed by atoms with E-state index >= 15 is 0 Å². The number of nitrogens with zero attached hydrogens (tertiary/aromatic N) is 3. The summed E-state index contributed by atoms with van der Waals surface area (Å²) in [5.74, 6) is 2.96. The van der Waals surface area contributed by atoms with Gasteiger partial charge in [0, 0.05) is 17.5 Å². The molecule has 0 aliphatic carbocycles. The van der Waals surface area contributed by atoms with Crippen molar-refractivity contribution in [3.8, 4) is 17.2 Å². The van der Waals surface area contributed by atoms with Gasteiger partial charge in [-0.15, -0.1) is 0 Å². The number of fused-ring (bicyclic) bond motifs is 2. The lowest BCUT2D eigenvalue weighted by Crippen LogP contribution is -2.30. The van der Waals surface area contributed by atoms with Crippen molar-refractivity contribution < 1.29 is 14.6 Å². The number of methoxy groups -OCH3 is 1. The predicted octanol–water partition coefficient (Wildman–Crippen LogP) is 4.49. The fourth-order valence-corrected chi connectivity index (χ4v) is 3.75. The van der Waals surface area contributed by atoms with Crippen molar-refractivity contribution in [2.24, 2.45) is 0 Å². The van der Waals surface area contributed by atoms with Crippen LogP contribution in [0.3, 0.4) is 0 Å². The highest BCUT2D eigenvalue weighted by Gasteiger charge is 2.23. The van der Waals surface area contributed by atoms with Crippen molar-refractivity contribution in [1.82, 2.24) is 9.97 Å². The van der Waals surface area contributed by atoms with Crippen LogP contribution in [0.15, 0.2) is 66.7 Å². The van der Waals surface area contributed by atoms with E-state index in [1.807, 2.05) is 54.6 Å². The fraction of sp³-hybridized carbons (Fsp3) is 0.167. The number of phenolic OH excluding ortho intramolecular Hbond substituents is 1. The first-order chi connectivity index (χ1) is 15.2. The van der Waals surface area contributed by atoms with Gasteiger partial charge in [-0.2, -0.15) is 4.98 Å². The van der Waals surface area contributed by atoms with E-state index in [1.54, 1.807) is 19.2 Å². The second-order valence-corrected chi connectivity index (χ2v) is 7.18. The van der Waals surface area contributed by atoms with Gasteiger partial charge in [-0.3, -0.25) is 0 Å². The standard InChI is InChI=1S/C24H22N4O3/c1-30-21-12-6-8-17-22(21)26-24(28-13-14-31-20-11-5-3-9-18(20)28)27-23(17)25-15-16-7-2-4-10-19(16)29/h2-12,29H,13-15H2,1H3,(H,25,26,27). The second-order valence-electron chi connectivity index (χ2n) is 7.18. The molecule has 0 saturated heterocycles. The van der Waals surface area contributed by atoms with Crippen molar-refractivity contribution in [1.29, 1.82) is 0 Å². The van der Waals surface area contributed by atoms with Gasteiger partial charge in [0.05, 0.1) is 19.3 Å². The largest absolute Gasteiger partial charge is 0.508 e. The molecule has 156 valence electrons. The van der Waals surface area contributed by atoms with Crippen molar-refractivity contribution in [2.45, 2.75) is 6.54 Å². The van der Waals surface area contributed by atoms with Crippen LogP contribution in [-0.4, -0.2) is 35.3 Å². The average molecular weight is 414 g/mol. The minimum absolute atomic E-state index is 0.244. The SMILES string of the molecule is COc1cccc2c(NCc3ccccc3O)nc(N3CCOc4ccccc43)nc12. The Morgan fingerprint density at radius 3 is 2.74 bits per heavy atom. The fourth-order valence-electron chi connectivity index (χ4n) is 3.75. The Bertz CT molecular complexity index is 1240. The van der Waals surface area contributed by atoms with Crippen molar-refractivity contribution >= 4 is 28.4 Å². The summed E-state index contributed by atoms with van der Waals surface area (Å²) >= 11 is 0. The molecule has 0 spiro atoms. The first kappa shape index (κ1) is 19.0. The van der Waals surface area contributed by atoms with Gasteiger partial charge in [-0.1, -0.05) is 36.4 Å². The molecule has 0 atom stereocenters. The van der Waals surface area contributed by atoms with Crippen LogP contribution in [0.25, 0.3) is 10.9 Å². The summed E-state index contributed by atoms with van der Waals surface area (Å²) in [7, 11) is 1.63. The molecule has 31 heavy (non-hydrogen) atoms. The number of hydrogen-bond donors (Lipinski definition) is 2. The van der Waals surface area contributed by atoms with Crippen LogP contribution < -0.4 is 19.7 Å². The molecule has 4 aromatic rings. The molecular formula is C24H22N4O3. The lowest BCUT2D eigenvalue weighted by molar-refractivity contribution is 0.313. The molecular weight excluding hydrogens is 392 g/mol. The highest BCUT2D eigenvalue weighted by molar-refractivity contribution is 5.94. The highest BCUT2D eigenvalue weighted by atomic mass is 16.5. The molecule has 2 N–H and O–H groups in total. The maximum atomic E-state index is 10.1. The van der Waals surface area contributed by atoms with Crippen LogP contribution >= 0.6 is 0 Å². The third-order valence-electron chi connectivity index (χ3n) is 5.31. The summed E-state index contributed by atoms with van der Waals surface area (Å²) in [5.41, 5.74) is 2.43. The summed E-state index contributed by atoms with van der Waals surface area (Å²) in [5, 5.41) is 14.4. The van der Waals surface area contributed by atoms with Crippen molar-refractivity contribution in [3.05, 3.63) is 72.3 Å². The molecule has 0 saturated carbocycles. The number of phenols is 1. The van der Waals surface area contributed by atoms with Crippen LogP contribution in [0.1, 0.15) is 5.56 Å². The monoisotopic (exact) mass is 414 g/mol. The minimum atomic E-state index is 0.244. The zero-order valence-corrected chi connectivity index (χ0v) is 17.1. The number of benzene rings is 3. The first-order valence-corrected chi connectivity index (χ1v) is 10.1. The molecule has 0 radical (unpaired) electrons. The zero-order valence-electron chi connectivity index (χ0n) is 17.1. The molecule has 0 unspecified atom stereocenters. The summed E-state index contributed by atoms with van der Waals surface area (Å²) < 4.78 is 11.4. The molecule has 5 rings (SSSR count). The first-order valence-electron chi connectivity index (χ1n) is 10.1. The molecule has 2 heterocycles. The van der Waals surface area contributed by atoms with Crippen molar-refractivity contribution in [3.63, 3.8) is 0 Å². The van der Waals surface area contributed by atoms with E-state index in [-0.39, 0.29) is 5.75 Å². The van der Waals surface area contributed by atoms with Gasteiger partial charge in [0.1, 0.15) is 35.2 Å². The maximum Gasteiger partial charge on any atom is 0.232 e. The molecule has 0 amide bonds. The second kappa shape index (κ2) is 8.02. The Balaban J connectivity index is 1.61. The lowest BCUT2D eigenvalue weighted by Gasteiger charge is -2.30. The number of para-hydroxylation sites is 4. The number of aromatic hydroxyl groups is 1. The molecule has 1 aliphatic heterocycles. The van der Waals surface area contributed by atoms with E-state index in [9.17, 15) is 5.11 Å². The Morgan fingerprint density at radius 2 is 1.87 bits per heavy atom. The molecule has 1 aromatic heterocycles. The van der Waals surface area contributed by atoms with Gasteiger partial charge in [0.2, 0.25) is 5.95 Å². The third-order valence-corrected chi connectivity index (χ3v) is 5.31. The Hall–Kier alpha value is -4.00. The normalized spacial score (nSPS) is 12.9. The van der Waals surface area contributed by atoms with E-state index in [0.717, 1.165) is 27.9 Å². The van der Waals surface area contributed by atoms with Crippen LogP contribution in [0, 0.1) is 0 Å². The van der Waals surface area contributed by atoms with Crippen LogP contribution in [-0.2, 0) is 6.54 Å². The number of rotatable bonds is 5. The zero-order chi connectivity index (χ0) is 21.2. The minimum Gasteiger partial charge on any atom is -0.508 e. The molecule has 0 fully saturated rings. The number of ether oxygens (including phenoxy) is 2. The van der Waals surface area contributed by atoms with E-state index in [4.69, 9.17) is 19.4 Å². The summed E-state index contributed by atoms with van der Waals surface area (Å²) in [6, 6.07) is 20.9. The number of aromatic nitrogens is 2. The van der Waals surface area contributed by atoms with Gasteiger partial charge in [-0.05, 0) is 30.3 Å². The smallest absolute Gasteiger partial charge is 0.232 e. The predicted molar refractivity (Wildman–Crippen MR) is 120 cm³/mol. The third kappa shape index (κ3) is 3.54. The van der Waals surface area contributed by atoms with Gasteiger partial charge >= 0.3 is 0 Å². The summed E-state index contributed by atoms with van der Waals surface area (Å²) in [6.45, 7) is 1.61. The van der Waals surface area contributed by atoms with E-state index in [1.165, 1.54) is 0 Å². The number of nitrogens with one attached hydrogen (secondary N) is 1. The van der Waals surface area contributed by atoms with Crippen LogP contribution in [0.5, 0.6) is 17.2 Å². The van der Waals surface area contributed by atoms with Gasteiger partial charge in [0.15, 0.2) is 0 Å². The van der Waals surface area contributed by atoms with Crippen LogP contribution in [0.4, 0.5) is 17.5 Å². The quantitative estimate of drug-likeness (QED) is 0.498. The van der Waals surface area contributed by atoms with Gasteiger partial charge in [-0.25, -0.2) is 4.98 Å². The van der Waals surface area contributed by atoms with E-state index in [2.05, 4.69) is 10.2 Å². The lowest BCUT2D eigenvalue weighted by atomic mass is 10.2. The Morgan fingerprint density at radius 1 is 1.03 bits per heavy atom. The van der Waals surface area contributed by atoms with E-state index < -0.39 is 0 Å². The number of anilines is 3. The molecule has 7 nitrogen and oxygen atoms in total. The molecule has 1 aliphatic rings. The maximum absolute atomic E-state index is 10.1. The average Bonchev–Trinajstić information content (AvgIpc) is 2.82. The summed E-state index contributed by atoms with van der Waals surface area (Å²) in [4.78, 5) is 11.8. The summed E-state index contributed by atoms with van der Waals surface area (Å²) in [6.07, 6.45) is 0. The Labute approximate surface area is 179 Å². The molecule has 7 heteroatoms. The van der Waals surface area contributed by atoms with Gasteiger partial charge in [0.25, 0.3) is 0 Å². The van der Waals surface area contributed by atoms with Crippen molar-refractivity contribution in [2.75, 3.05) is 30.5 Å². The Kier molecular flexibility index (Phi) is 4.92. The molecule has 0 bridgehead atoms. The molecule has 3 aromatic carbocycles. The van der Waals surface area contributed by atoms with E-state index in [0.29, 0.717) is 37.2 Å². The number of hydrogen-bond acceptors (Lipinski definition) is 7.